The van der Waals surface area contributed by atoms with Gasteiger partial charge in [-0.15, -0.1) is 5.10 Å². The highest BCUT2D eigenvalue weighted by atomic mass is 79.9. The van der Waals surface area contributed by atoms with Crippen LogP contribution in [0.25, 0.3) is 11.4 Å². The number of nitrogens with two attached hydrogens (primary N) is 1. The number of anilines is 1. The molecule has 1 heterocycles. The summed E-state index contributed by atoms with van der Waals surface area (Å²) >= 11 is 3.53. The fourth-order valence-electron chi connectivity index (χ4n) is 2.96. The van der Waals surface area contributed by atoms with Gasteiger partial charge in [-0.05, 0) is 56.7 Å². The molecule has 0 radical (unpaired) electrons. The van der Waals surface area contributed by atoms with E-state index in [9.17, 15) is 0 Å². The van der Waals surface area contributed by atoms with E-state index < -0.39 is 0 Å². The molecular weight excluding hydrogens is 318 g/mol. The number of benzene rings is 1. The predicted molar refractivity (Wildman–Crippen MR) is 81.9 cm³/mol. The van der Waals surface area contributed by atoms with Crippen LogP contribution in [0.15, 0.2) is 22.7 Å². The maximum absolute atomic E-state index is 5.94. The standard InChI is InChI=1S/C14H18BrN5/c1-9-4-2-5-10(9)8-20-14(17-18-19-20)11-6-3-7-12(16)13(11)15/h3,6-7,9-10H,2,4-5,8,16H2,1H3. The Labute approximate surface area is 126 Å². The Hall–Kier alpha value is -1.43. The van der Waals surface area contributed by atoms with E-state index in [0.29, 0.717) is 11.6 Å². The van der Waals surface area contributed by atoms with Crippen molar-refractivity contribution in [2.24, 2.45) is 11.8 Å². The molecule has 2 N–H and O–H groups in total. The lowest BCUT2D eigenvalue weighted by molar-refractivity contribution is 0.346. The predicted octanol–water partition coefficient (Wildman–Crippen LogP) is 3.12. The van der Waals surface area contributed by atoms with Gasteiger partial charge in [-0.2, -0.15) is 0 Å². The van der Waals surface area contributed by atoms with Crippen molar-refractivity contribution in [2.75, 3.05) is 5.73 Å². The molecule has 20 heavy (non-hydrogen) atoms. The molecular formula is C14H18BrN5. The zero-order valence-corrected chi connectivity index (χ0v) is 13.0. The van der Waals surface area contributed by atoms with Crippen molar-refractivity contribution < 1.29 is 0 Å². The molecule has 0 aliphatic heterocycles. The minimum Gasteiger partial charge on any atom is -0.398 e. The van der Waals surface area contributed by atoms with Gasteiger partial charge in [-0.3, -0.25) is 0 Å². The van der Waals surface area contributed by atoms with Crippen LogP contribution >= 0.6 is 15.9 Å². The van der Waals surface area contributed by atoms with Crippen LogP contribution in [0.3, 0.4) is 0 Å². The Morgan fingerprint density at radius 2 is 2.25 bits per heavy atom. The third kappa shape index (κ3) is 2.44. The fraction of sp³-hybridized carbons (Fsp3) is 0.500. The molecule has 0 bridgehead atoms. The van der Waals surface area contributed by atoms with Gasteiger partial charge in [0.1, 0.15) is 0 Å². The lowest BCUT2D eigenvalue weighted by atomic mass is 9.98. The van der Waals surface area contributed by atoms with Crippen LogP contribution in [0.2, 0.25) is 0 Å². The summed E-state index contributed by atoms with van der Waals surface area (Å²) in [7, 11) is 0. The second-order valence-electron chi connectivity index (χ2n) is 5.56. The van der Waals surface area contributed by atoms with Gasteiger partial charge in [-0.25, -0.2) is 4.68 Å². The SMILES string of the molecule is CC1CCCC1Cn1nnnc1-c1cccc(N)c1Br. The summed E-state index contributed by atoms with van der Waals surface area (Å²) in [6, 6.07) is 5.77. The first-order valence-corrected chi connectivity index (χ1v) is 7.76. The first-order valence-electron chi connectivity index (χ1n) is 6.97. The van der Waals surface area contributed by atoms with Crippen molar-refractivity contribution >= 4 is 21.6 Å². The second-order valence-corrected chi connectivity index (χ2v) is 6.35. The number of hydrogen-bond donors (Lipinski definition) is 1. The van der Waals surface area contributed by atoms with E-state index in [-0.39, 0.29) is 0 Å². The lowest BCUT2D eigenvalue weighted by Gasteiger charge is -2.16. The lowest BCUT2D eigenvalue weighted by Crippen LogP contribution is -2.15. The van der Waals surface area contributed by atoms with Crippen LogP contribution in [0.1, 0.15) is 26.2 Å². The summed E-state index contributed by atoms with van der Waals surface area (Å²) < 4.78 is 2.77. The molecule has 0 amide bonds. The van der Waals surface area contributed by atoms with Crippen LogP contribution < -0.4 is 5.73 Å². The normalized spacial score (nSPS) is 22.3. The number of tetrazole rings is 1. The Kier molecular flexibility index (Phi) is 3.74. The quantitative estimate of drug-likeness (QED) is 0.875. The third-order valence-corrected chi connectivity index (χ3v) is 5.13. The minimum absolute atomic E-state index is 0.664. The Morgan fingerprint density at radius 1 is 1.40 bits per heavy atom. The maximum atomic E-state index is 5.94. The topological polar surface area (TPSA) is 69.6 Å². The maximum Gasteiger partial charge on any atom is 0.183 e. The summed E-state index contributed by atoms with van der Waals surface area (Å²) in [6.45, 7) is 3.20. The first-order chi connectivity index (χ1) is 9.66. The van der Waals surface area contributed by atoms with E-state index in [0.717, 1.165) is 28.3 Å². The molecule has 6 heteroatoms. The van der Waals surface area contributed by atoms with E-state index in [1.54, 1.807) is 0 Å². The zero-order valence-electron chi connectivity index (χ0n) is 11.5. The van der Waals surface area contributed by atoms with Crippen molar-refractivity contribution in [2.45, 2.75) is 32.7 Å². The summed E-state index contributed by atoms with van der Waals surface area (Å²) in [6.07, 6.45) is 3.88. The number of rotatable bonds is 3. The molecule has 1 saturated carbocycles. The highest BCUT2D eigenvalue weighted by molar-refractivity contribution is 9.10. The Balaban J connectivity index is 1.92. The van der Waals surface area contributed by atoms with E-state index in [1.165, 1.54) is 19.3 Å². The summed E-state index contributed by atoms with van der Waals surface area (Å²) in [4.78, 5) is 0. The highest BCUT2D eigenvalue weighted by Crippen LogP contribution is 2.34. The molecule has 0 saturated heterocycles. The third-order valence-electron chi connectivity index (χ3n) is 4.25. The molecule has 1 aliphatic carbocycles. The van der Waals surface area contributed by atoms with Crippen LogP contribution in [0, 0.1) is 11.8 Å². The molecule has 0 spiro atoms. The smallest absolute Gasteiger partial charge is 0.183 e. The van der Waals surface area contributed by atoms with Crippen LogP contribution in [-0.2, 0) is 6.54 Å². The summed E-state index contributed by atoms with van der Waals surface area (Å²) in [5.74, 6) is 2.19. The average molecular weight is 336 g/mol. The van der Waals surface area contributed by atoms with E-state index in [1.807, 2.05) is 22.9 Å². The number of halogens is 1. The molecule has 1 aromatic carbocycles. The van der Waals surface area contributed by atoms with Crippen LogP contribution in [0.5, 0.6) is 0 Å². The van der Waals surface area contributed by atoms with Crippen molar-refractivity contribution in [1.29, 1.82) is 0 Å². The molecule has 5 nitrogen and oxygen atoms in total. The fourth-order valence-corrected chi connectivity index (χ4v) is 3.40. The number of aromatic nitrogens is 4. The number of hydrogen-bond acceptors (Lipinski definition) is 4. The van der Waals surface area contributed by atoms with Gasteiger partial charge in [-0.1, -0.05) is 25.8 Å². The summed E-state index contributed by atoms with van der Waals surface area (Å²) in [5, 5.41) is 12.2. The van der Waals surface area contributed by atoms with E-state index >= 15 is 0 Å². The molecule has 2 unspecified atom stereocenters. The van der Waals surface area contributed by atoms with Gasteiger partial charge in [0.15, 0.2) is 5.82 Å². The Bertz CT molecular complexity index is 609. The molecule has 1 aromatic heterocycles. The summed E-state index contributed by atoms with van der Waals surface area (Å²) in [5.41, 5.74) is 7.58. The largest absolute Gasteiger partial charge is 0.398 e. The molecule has 2 atom stereocenters. The van der Waals surface area contributed by atoms with Gasteiger partial charge in [0, 0.05) is 17.8 Å². The zero-order chi connectivity index (χ0) is 14.1. The minimum atomic E-state index is 0.664. The van der Waals surface area contributed by atoms with Crippen molar-refractivity contribution in [3.05, 3.63) is 22.7 Å². The van der Waals surface area contributed by atoms with E-state index in [4.69, 9.17) is 5.73 Å². The van der Waals surface area contributed by atoms with Gasteiger partial charge < -0.3 is 5.73 Å². The first kappa shape index (κ1) is 13.5. The van der Waals surface area contributed by atoms with Gasteiger partial charge in [0.2, 0.25) is 0 Å². The highest BCUT2D eigenvalue weighted by Gasteiger charge is 2.25. The molecule has 1 fully saturated rings. The van der Waals surface area contributed by atoms with Gasteiger partial charge in [0.25, 0.3) is 0 Å². The van der Waals surface area contributed by atoms with E-state index in [2.05, 4.69) is 38.4 Å². The Morgan fingerprint density at radius 3 is 3.00 bits per heavy atom. The molecule has 106 valence electrons. The molecule has 2 aromatic rings. The van der Waals surface area contributed by atoms with Crippen molar-refractivity contribution in [3.8, 4) is 11.4 Å². The van der Waals surface area contributed by atoms with Crippen molar-refractivity contribution in [3.63, 3.8) is 0 Å². The second kappa shape index (κ2) is 5.52. The monoisotopic (exact) mass is 335 g/mol. The molecule has 3 rings (SSSR count). The van der Waals surface area contributed by atoms with Gasteiger partial charge in [0.05, 0.1) is 4.47 Å². The number of nitrogens with zero attached hydrogens (tertiary/aromatic N) is 4. The number of nitrogen functional groups attached to an aromatic ring is 1. The van der Waals surface area contributed by atoms with Gasteiger partial charge >= 0.3 is 0 Å². The average Bonchev–Trinajstić information content (AvgIpc) is 3.04. The van der Waals surface area contributed by atoms with Crippen molar-refractivity contribution in [1.82, 2.24) is 20.2 Å². The molecule has 1 aliphatic rings. The van der Waals surface area contributed by atoms with Crippen LogP contribution in [-0.4, -0.2) is 20.2 Å². The van der Waals surface area contributed by atoms with Crippen LogP contribution in [0.4, 0.5) is 5.69 Å².